The summed E-state index contributed by atoms with van der Waals surface area (Å²) in [5.41, 5.74) is 0.387. The largest absolute Gasteiger partial charge is 0.416 e. The summed E-state index contributed by atoms with van der Waals surface area (Å²) in [6.45, 7) is 0. The first kappa shape index (κ1) is 9.76. The molecule has 1 heterocycles. The third kappa shape index (κ3) is 2.01. The van der Waals surface area contributed by atoms with E-state index in [4.69, 9.17) is 0 Å². The van der Waals surface area contributed by atoms with Crippen LogP contribution in [0.4, 0.5) is 13.2 Å². The van der Waals surface area contributed by atoms with Gasteiger partial charge in [0.15, 0.2) is 0 Å². The first-order valence-electron chi connectivity index (χ1n) is 4.24. The Hall–Kier alpha value is -1.78. The summed E-state index contributed by atoms with van der Waals surface area (Å²) < 4.78 is 37.2. The van der Waals surface area contributed by atoms with Crippen LogP contribution < -0.4 is 0 Å². The van der Waals surface area contributed by atoms with E-state index in [1.807, 2.05) is 0 Å². The lowest BCUT2D eigenvalue weighted by molar-refractivity contribution is -0.137. The SMILES string of the molecule is FC(F)(F)c1cccc(-c2ccn[nH]2)c1. The molecule has 0 unspecified atom stereocenters. The molecule has 1 aromatic heterocycles. The van der Waals surface area contributed by atoms with Crippen molar-refractivity contribution in [3.8, 4) is 11.3 Å². The third-order valence-electron chi connectivity index (χ3n) is 2.00. The van der Waals surface area contributed by atoms with Gasteiger partial charge in [-0.3, -0.25) is 5.10 Å². The van der Waals surface area contributed by atoms with Gasteiger partial charge < -0.3 is 0 Å². The monoisotopic (exact) mass is 212 g/mol. The normalized spacial score (nSPS) is 11.7. The Balaban J connectivity index is 2.44. The average molecular weight is 212 g/mol. The van der Waals surface area contributed by atoms with Crippen LogP contribution in [0.1, 0.15) is 5.56 Å². The zero-order valence-electron chi connectivity index (χ0n) is 7.55. The van der Waals surface area contributed by atoms with E-state index in [0.29, 0.717) is 11.3 Å². The van der Waals surface area contributed by atoms with Crippen molar-refractivity contribution in [1.82, 2.24) is 10.2 Å². The fourth-order valence-electron chi connectivity index (χ4n) is 1.28. The van der Waals surface area contributed by atoms with E-state index in [1.54, 1.807) is 12.1 Å². The number of hydrogen-bond donors (Lipinski definition) is 1. The van der Waals surface area contributed by atoms with Gasteiger partial charge in [0.1, 0.15) is 0 Å². The van der Waals surface area contributed by atoms with Gasteiger partial charge in [-0.25, -0.2) is 0 Å². The van der Waals surface area contributed by atoms with Crippen molar-refractivity contribution < 1.29 is 13.2 Å². The fourth-order valence-corrected chi connectivity index (χ4v) is 1.28. The maximum atomic E-state index is 12.4. The first-order chi connectivity index (χ1) is 7.07. The van der Waals surface area contributed by atoms with Crippen molar-refractivity contribution in [2.75, 3.05) is 0 Å². The Bertz CT molecular complexity index is 446. The number of aromatic amines is 1. The van der Waals surface area contributed by atoms with E-state index in [0.717, 1.165) is 12.1 Å². The summed E-state index contributed by atoms with van der Waals surface area (Å²) in [6, 6.07) is 6.73. The maximum Gasteiger partial charge on any atom is 0.416 e. The minimum absolute atomic E-state index is 0.474. The van der Waals surface area contributed by atoms with Gasteiger partial charge in [0.25, 0.3) is 0 Å². The molecule has 0 saturated heterocycles. The van der Waals surface area contributed by atoms with Crippen molar-refractivity contribution in [1.29, 1.82) is 0 Å². The third-order valence-corrected chi connectivity index (χ3v) is 2.00. The molecular formula is C10H7F3N2. The van der Waals surface area contributed by atoms with Crippen LogP contribution in [-0.2, 0) is 6.18 Å². The molecule has 0 spiro atoms. The molecule has 2 nitrogen and oxygen atoms in total. The van der Waals surface area contributed by atoms with Gasteiger partial charge in [-0.2, -0.15) is 18.3 Å². The zero-order chi connectivity index (χ0) is 10.9. The summed E-state index contributed by atoms with van der Waals surface area (Å²) in [7, 11) is 0. The van der Waals surface area contributed by atoms with E-state index in [9.17, 15) is 13.2 Å². The molecular weight excluding hydrogens is 205 g/mol. The number of halogens is 3. The van der Waals surface area contributed by atoms with Crippen LogP contribution in [0.2, 0.25) is 0 Å². The number of alkyl halides is 3. The summed E-state index contributed by atoms with van der Waals surface area (Å²) in [6.07, 6.45) is -2.81. The minimum Gasteiger partial charge on any atom is -0.278 e. The highest BCUT2D eigenvalue weighted by molar-refractivity contribution is 5.59. The second kappa shape index (κ2) is 3.42. The lowest BCUT2D eigenvalue weighted by Gasteiger charge is -2.07. The van der Waals surface area contributed by atoms with Crippen LogP contribution in [0.5, 0.6) is 0 Å². The van der Waals surface area contributed by atoms with E-state index < -0.39 is 11.7 Å². The van der Waals surface area contributed by atoms with Crippen molar-refractivity contribution in [3.63, 3.8) is 0 Å². The van der Waals surface area contributed by atoms with Gasteiger partial charge in [-0.05, 0) is 18.2 Å². The number of rotatable bonds is 1. The molecule has 0 bridgehead atoms. The number of nitrogens with one attached hydrogen (secondary N) is 1. The van der Waals surface area contributed by atoms with Crippen LogP contribution in [0.3, 0.4) is 0 Å². The van der Waals surface area contributed by atoms with Crippen molar-refractivity contribution in [2.24, 2.45) is 0 Å². The number of benzene rings is 1. The molecule has 0 aliphatic carbocycles. The minimum atomic E-state index is -4.31. The summed E-state index contributed by atoms with van der Waals surface area (Å²) in [5.74, 6) is 0. The topological polar surface area (TPSA) is 28.7 Å². The van der Waals surface area contributed by atoms with Gasteiger partial charge in [-0.15, -0.1) is 0 Å². The van der Waals surface area contributed by atoms with Gasteiger partial charge in [0.05, 0.1) is 11.3 Å². The summed E-state index contributed by atoms with van der Waals surface area (Å²) >= 11 is 0. The first-order valence-corrected chi connectivity index (χ1v) is 4.24. The Morgan fingerprint density at radius 1 is 1.13 bits per heavy atom. The van der Waals surface area contributed by atoms with Crippen LogP contribution >= 0.6 is 0 Å². The Labute approximate surface area is 83.7 Å². The highest BCUT2D eigenvalue weighted by atomic mass is 19.4. The van der Waals surface area contributed by atoms with Crippen LogP contribution in [-0.4, -0.2) is 10.2 Å². The molecule has 1 N–H and O–H groups in total. The average Bonchev–Trinajstić information content (AvgIpc) is 2.69. The van der Waals surface area contributed by atoms with Gasteiger partial charge in [0.2, 0.25) is 0 Å². The predicted molar refractivity (Wildman–Crippen MR) is 49.0 cm³/mol. The predicted octanol–water partition coefficient (Wildman–Crippen LogP) is 3.10. The molecule has 2 aromatic rings. The standard InChI is InChI=1S/C10H7F3N2/c11-10(12,13)8-3-1-2-7(6-8)9-4-5-14-15-9/h1-6H,(H,14,15). The Kier molecular flexibility index (Phi) is 2.22. The molecule has 0 saturated carbocycles. The highest BCUT2D eigenvalue weighted by Crippen LogP contribution is 2.31. The van der Waals surface area contributed by atoms with Crippen molar-refractivity contribution in [3.05, 3.63) is 42.1 Å². The van der Waals surface area contributed by atoms with Crippen LogP contribution in [0, 0.1) is 0 Å². The van der Waals surface area contributed by atoms with E-state index in [1.165, 1.54) is 12.3 Å². The van der Waals surface area contributed by atoms with Gasteiger partial charge in [0, 0.05) is 11.8 Å². The molecule has 2 rings (SSSR count). The van der Waals surface area contributed by atoms with E-state index in [-0.39, 0.29) is 0 Å². The summed E-state index contributed by atoms with van der Waals surface area (Å²) in [5, 5.41) is 6.30. The number of aromatic nitrogens is 2. The van der Waals surface area contributed by atoms with E-state index in [2.05, 4.69) is 10.2 Å². The van der Waals surface area contributed by atoms with Crippen molar-refractivity contribution >= 4 is 0 Å². The molecule has 1 aromatic carbocycles. The molecule has 15 heavy (non-hydrogen) atoms. The van der Waals surface area contributed by atoms with Gasteiger partial charge >= 0.3 is 6.18 Å². The number of hydrogen-bond acceptors (Lipinski definition) is 1. The molecule has 0 aliphatic heterocycles. The Morgan fingerprint density at radius 3 is 2.53 bits per heavy atom. The molecule has 0 aliphatic rings. The second-order valence-electron chi connectivity index (χ2n) is 3.05. The molecule has 78 valence electrons. The molecule has 0 fully saturated rings. The lowest BCUT2D eigenvalue weighted by Crippen LogP contribution is -2.04. The highest BCUT2D eigenvalue weighted by Gasteiger charge is 2.30. The summed E-state index contributed by atoms with van der Waals surface area (Å²) in [4.78, 5) is 0. The Morgan fingerprint density at radius 2 is 1.93 bits per heavy atom. The number of nitrogens with zero attached hydrogens (tertiary/aromatic N) is 1. The smallest absolute Gasteiger partial charge is 0.278 e. The second-order valence-corrected chi connectivity index (χ2v) is 3.05. The van der Waals surface area contributed by atoms with Crippen LogP contribution in [0.15, 0.2) is 36.5 Å². The number of H-pyrrole nitrogens is 1. The molecule has 0 amide bonds. The van der Waals surface area contributed by atoms with E-state index >= 15 is 0 Å². The maximum absolute atomic E-state index is 12.4. The zero-order valence-corrected chi connectivity index (χ0v) is 7.55. The van der Waals surface area contributed by atoms with Gasteiger partial charge in [-0.1, -0.05) is 12.1 Å². The lowest BCUT2D eigenvalue weighted by atomic mass is 10.1. The van der Waals surface area contributed by atoms with Crippen molar-refractivity contribution in [2.45, 2.75) is 6.18 Å². The fraction of sp³-hybridized carbons (Fsp3) is 0.100. The molecule has 0 atom stereocenters. The molecule has 0 radical (unpaired) electrons. The van der Waals surface area contributed by atoms with Crippen LogP contribution in [0.25, 0.3) is 11.3 Å². The quantitative estimate of drug-likeness (QED) is 0.773. The molecule has 5 heteroatoms.